The third-order valence-corrected chi connectivity index (χ3v) is 5.06. The quantitative estimate of drug-likeness (QED) is 0.505. The minimum Gasteiger partial charge on any atom is -0.399 e. The average Bonchev–Trinajstić information content (AvgIpc) is 2.37. The molecule has 2 atom stereocenters. The van der Waals surface area contributed by atoms with Crippen LogP contribution in [-0.4, -0.2) is 42.9 Å². The molecule has 1 heterocycles. The van der Waals surface area contributed by atoms with E-state index < -0.39 is 20.6 Å². The van der Waals surface area contributed by atoms with Gasteiger partial charge in [-0.3, -0.25) is 10.1 Å². The van der Waals surface area contributed by atoms with Crippen molar-refractivity contribution in [1.29, 1.82) is 0 Å². The SMILES string of the molecule is C[C@@H]1CN(S(=O)(=O)c2ccc(N)cc2[N+](=O)[O-])C[C@H](C)O1. The number of sulfonamides is 1. The first kappa shape index (κ1) is 15.7. The minimum absolute atomic E-state index is 0.143. The highest BCUT2D eigenvalue weighted by atomic mass is 32.2. The molecule has 0 unspecified atom stereocenters. The summed E-state index contributed by atoms with van der Waals surface area (Å²) in [5.74, 6) is 0. The number of nitrogens with zero attached hydrogens (tertiary/aromatic N) is 2. The standard InChI is InChI=1S/C12H17N3O5S/c1-8-6-14(7-9(2)20-8)21(18,19)12-4-3-10(13)5-11(12)15(16)17/h3-5,8-9H,6-7,13H2,1-2H3/t8-,9+. The Balaban J connectivity index is 2.47. The maximum Gasteiger partial charge on any atom is 0.291 e. The van der Waals surface area contributed by atoms with Crippen molar-refractivity contribution in [2.45, 2.75) is 31.0 Å². The second-order valence-corrected chi connectivity index (χ2v) is 6.97. The Labute approximate surface area is 122 Å². The molecule has 8 nitrogen and oxygen atoms in total. The van der Waals surface area contributed by atoms with Crippen LogP contribution in [0.4, 0.5) is 11.4 Å². The molecule has 0 saturated carbocycles. The van der Waals surface area contributed by atoms with E-state index >= 15 is 0 Å². The molecule has 116 valence electrons. The Morgan fingerprint density at radius 2 is 1.90 bits per heavy atom. The normalized spacial score (nSPS) is 23.9. The highest BCUT2D eigenvalue weighted by molar-refractivity contribution is 7.89. The third-order valence-electron chi connectivity index (χ3n) is 3.18. The molecule has 1 aromatic carbocycles. The molecule has 0 aliphatic carbocycles. The van der Waals surface area contributed by atoms with Gasteiger partial charge in [0.15, 0.2) is 4.90 Å². The van der Waals surface area contributed by atoms with Gasteiger partial charge in [0.25, 0.3) is 5.69 Å². The molecule has 1 aliphatic rings. The van der Waals surface area contributed by atoms with Crippen LogP contribution in [0.2, 0.25) is 0 Å². The van der Waals surface area contributed by atoms with Crippen molar-refractivity contribution < 1.29 is 18.1 Å². The van der Waals surface area contributed by atoms with E-state index in [1.165, 1.54) is 16.4 Å². The van der Waals surface area contributed by atoms with Crippen molar-refractivity contribution in [2.24, 2.45) is 0 Å². The van der Waals surface area contributed by atoms with Crippen molar-refractivity contribution in [3.63, 3.8) is 0 Å². The molecule has 2 rings (SSSR count). The van der Waals surface area contributed by atoms with E-state index in [2.05, 4.69) is 0 Å². The van der Waals surface area contributed by atoms with Gasteiger partial charge in [-0.15, -0.1) is 0 Å². The molecule has 0 amide bonds. The predicted molar refractivity (Wildman–Crippen MR) is 76.3 cm³/mol. The lowest BCUT2D eigenvalue weighted by Gasteiger charge is -2.34. The highest BCUT2D eigenvalue weighted by Crippen LogP contribution is 2.30. The average molecular weight is 315 g/mol. The van der Waals surface area contributed by atoms with Gasteiger partial charge in [-0.2, -0.15) is 4.31 Å². The number of nitro benzene ring substituents is 1. The lowest BCUT2D eigenvalue weighted by atomic mass is 10.3. The van der Waals surface area contributed by atoms with Crippen LogP contribution in [0.3, 0.4) is 0 Å². The van der Waals surface area contributed by atoms with E-state index in [0.29, 0.717) is 0 Å². The number of nitrogen functional groups attached to an aromatic ring is 1. The van der Waals surface area contributed by atoms with E-state index in [9.17, 15) is 18.5 Å². The largest absolute Gasteiger partial charge is 0.399 e. The fourth-order valence-electron chi connectivity index (χ4n) is 2.36. The number of hydrogen-bond acceptors (Lipinski definition) is 6. The number of nitro groups is 1. The molecule has 21 heavy (non-hydrogen) atoms. The van der Waals surface area contributed by atoms with Crippen LogP contribution < -0.4 is 5.73 Å². The zero-order valence-corrected chi connectivity index (χ0v) is 12.5. The number of rotatable bonds is 3. The van der Waals surface area contributed by atoms with Crippen molar-refractivity contribution in [1.82, 2.24) is 4.31 Å². The molecule has 9 heteroatoms. The lowest BCUT2D eigenvalue weighted by Crippen LogP contribution is -2.48. The fourth-order valence-corrected chi connectivity index (χ4v) is 4.09. The molecule has 2 N–H and O–H groups in total. The number of nitrogens with two attached hydrogens (primary N) is 1. The Bertz CT molecular complexity index is 651. The molecular formula is C12H17N3O5S. The Morgan fingerprint density at radius 1 is 1.33 bits per heavy atom. The van der Waals surface area contributed by atoms with Gasteiger partial charge in [-0.25, -0.2) is 8.42 Å². The van der Waals surface area contributed by atoms with Gasteiger partial charge < -0.3 is 10.5 Å². The second kappa shape index (κ2) is 5.58. The molecule has 0 bridgehead atoms. The summed E-state index contributed by atoms with van der Waals surface area (Å²) >= 11 is 0. The molecular weight excluding hydrogens is 298 g/mol. The van der Waals surface area contributed by atoms with Gasteiger partial charge in [0.2, 0.25) is 10.0 Å². The maximum atomic E-state index is 12.6. The topological polar surface area (TPSA) is 116 Å². The predicted octanol–water partition coefficient (Wildman–Crippen LogP) is 0.975. The zero-order valence-electron chi connectivity index (χ0n) is 11.7. The van der Waals surface area contributed by atoms with Crippen LogP contribution in [0.1, 0.15) is 13.8 Å². The first-order valence-electron chi connectivity index (χ1n) is 6.41. The van der Waals surface area contributed by atoms with Crippen LogP contribution in [0.5, 0.6) is 0 Å². The van der Waals surface area contributed by atoms with Crippen LogP contribution >= 0.6 is 0 Å². The first-order valence-corrected chi connectivity index (χ1v) is 7.85. The summed E-state index contributed by atoms with van der Waals surface area (Å²) in [4.78, 5) is 9.99. The summed E-state index contributed by atoms with van der Waals surface area (Å²) in [7, 11) is -3.96. The Kier molecular flexibility index (Phi) is 4.17. The van der Waals surface area contributed by atoms with Gasteiger partial charge in [-0.05, 0) is 26.0 Å². The Hall–Kier alpha value is -1.71. The summed E-state index contributed by atoms with van der Waals surface area (Å²) in [6.45, 7) is 3.84. The van der Waals surface area contributed by atoms with E-state index in [1.54, 1.807) is 13.8 Å². The number of hydrogen-bond donors (Lipinski definition) is 1. The Morgan fingerprint density at radius 3 is 2.43 bits per heavy atom. The van der Waals surface area contributed by atoms with Crippen molar-refractivity contribution in [2.75, 3.05) is 18.8 Å². The van der Waals surface area contributed by atoms with Crippen LogP contribution in [0.25, 0.3) is 0 Å². The monoisotopic (exact) mass is 315 g/mol. The van der Waals surface area contributed by atoms with Crippen molar-refractivity contribution >= 4 is 21.4 Å². The van der Waals surface area contributed by atoms with Crippen molar-refractivity contribution in [3.05, 3.63) is 28.3 Å². The molecule has 0 spiro atoms. The van der Waals surface area contributed by atoms with Crippen LogP contribution in [0, 0.1) is 10.1 Å². The molecule has 0 aromatic heterocycles. The van der Waals surface area contributed by atoms with E-state index in [0.717, 1.165) is 6.07 Å². The van der Waals surface area contributed by atoms with Crippen LogP contribution in [0.15, 0.2) is 23.1 Å². The van der Waals surface area contributed by atoms with E-state index in [-0.39, 0.29) is 35.9 Å². The number of benzene rings is 1. The zero-order chi connectivity index (χ0) is 15.8. The number of anilines is 1. The molecule has 1 aliphatic heterocycles. The molecule has 1 saturated heterocycles. The van der Waals surface area contributed by atoms with Gasteiger partial charge in [-0.1, -0.05) is 0 Å². The summed E-state index contributed by atoms with van der Waals surface area (Å²) in [5.41, 5.74) is 5.13. The fraction of sp³-hybridized carbons (Fsp3) is 0.500. The minimum atomic E-state index is -3.96. The van der Waals surface area contributed by atoms with Gasteiger partial charge in [0.05, 0.1) is 17.1 Å². The van der Waals surface area contributed by atoms with E-state index in [1.807, 2.05) is 0 Å². The van der Waals surface area contributed by atoms with Gasteiger partial charge >= 0.3 is 0 Å². The summed E-state index contributed by atoms with van der Waals surface area (Å²) in [5, 5.41) is 11.1. The number of ether oxygens (including phenoxy) is 1. The lowest BCUT2D eigenvalue weighted by molar-refractivity contribution is -0.387. The number of morpholine rings is 1. The van der Waals surface area contributed by atoms with Crippen LogP contribution in [-0.2, 0) is 14.8 Å². The molecule has 1 fully saturated rings. The maximum absolute atomic E-state index is 12.6. The molecule has 1 aromatic rings. The summed E-state index contributed by atoms with van der Waals surface area (Å²) in [6, 6.07) is 3.57. The summed E-state index contributed by atoms with van der Waals surface area (Å²) < 4.78 is 32.0. The molecule has 0 radical (unpaired) electrons. The smallest absolute Gasteiger partial charge is 0.291 e. The van der Waals surface area contributed by atoms with Gasteiger partial charge in [0, 0.05) is 24.8 Å². The van der Waals surface area contributed by atoms with Gasteiger partial charge in [0.1, 0.15) is 0 Å². The second-order valence-electron chi connectivity index (χ2n) is 5.06. The highest BCUT2D eigenvalue weighted by Gasteiger charge is 2.36. The first-order chi connectivity index (χ1) is 9.71. The van der Waals surface area contributed by atoms with Crippen molar-refractivity contribution in [3.8, 4) is 0 Å². The summed E-state index contributed by atoms with van der Waals surface area (Å²) in [6.07, 6.45) is -0.535. The van der Waals surface area contributed by atoms with E-state index in [4.69, 9.17) is 10.5 Å². The third kappa shape index (κ3) is 3.14.